The number of ether oxygens (including phenoxy) is 1. The molecule has 2 aromatic heterocycles. The number of carbonyl (C=O) groups is 2. The van der Waals surface area contributed by atoms with Crippen LogP contribution >= 0.6 is 11.8 Å². The third kappa shape index (κ3) is 5.58. The van der Waals surface area contributed by atoms with Gasteiger partial charge < -0.3 is 15.4 Å². The van der Waals surface area contributed by atoms with Crippen molar-refractivity contribution >= 4 is 40.3 Å². The second kappa shape index (κ2) is 11.0. The van der Waals surface area contributed by atoms with E-state index in [1.807, 2.05) is 26.0 Å². The Morgan fingerprint density at radius 3 is 2.79 bits per heavy atom. The molecule has 0 aliphatic carbocycles. The molecule has 1 aliphatic rings. The Bertz CT molecular complexity index is 1230. The fraction of sp³-hybridized carbons (Fsp3) is 0.522. The van der Waals surface area contributed by atoms with Gasteiger partial charge in [0.1, 0.15) is 0 Å². The van der Waals surface area contributed by atoms with Crippen LogP contribution in [0.5, 0.6) is 0 Å². The Kier molecular flexibility index (Phi) is 7.84. The van der Waals surface area contributed by atoms with E-state index in [1.54, 1.807) is 16.5 Å². The Morgan fingerprint density at radius 1 is 1.21 bits per heavy atom. The summed E-state index contributed by atoms with van der Waals surface area (Å²) in [6.07, 6.45) is 2.22. The number of rotatable bonds is 10. The number of hydrogen-bond acceptors (Lipinski definition) is 7. The van der Waals surface area contributed by atoms with Gasteiger partial charge in [-0.2, -0.15) is 0 Å². The Balaban J connectivity index is 1.54. The maximum absolute atomic E-state index is 13.2. The number of fused-ring (bicyclic) bond motifs is 3. The van der Waals surface area contributed by atoms with E-state index in [-0.39, 0.29) is 42.2 Å². The lowest BCUT2D eigenvalue weighted by Gasteiger charge is -2.12. The van der Waals surface area contributed by atoms with E-state index in [9.17, 15) is 14.4 Å². The van der Waals surface area contributed by atoms with Gasteiger partial charge in [0.25, 0.3) is 5.56 Å². The molecule has 1 aliphatic heterocycles. The van der Waals surface area contributed by atoms with Gasteiger partial charge in [-0.15, -0.1) is 10.2 Å². The van der Waals surface area contributed by atoms with Gasteiger partial charge in [-0.1, -0.05) is 37.7 Å². The van der Waals surface area contributed by atoms with E-state index in [4.69, 9.17) is 4.74 Å². The third-order valence-corrected chi connectivity index (χ3v) is 6.56. The van der Waals surface area contributed by atoms with E-state index in [0.29, 0.717) is 40.8 Å². The minimum absolute atomic E-state index is 0.0824. The first-order valence-corrected chi connectivity index (χ1v) is 12.6. The summed E-state index contributed by atoms with van der Waals surface area (Å²) in [4.78, 5) is 37.8. The Hall–Kier alpha value is -2.92. The maximum Gasteiger partial charge on any atom is 0.262 e. The monoisotopic (exact) mass is 486 g/mol. The standard InChI is InChI=1S/C23H30N6O4S/c1-15(2)12-24-19(30)9-10-28-21(32)17-7-3-4-8-18(17)29-22(28)26-27-23(29)34-14-20(31)25-13-16-6-5-11-33-16/h3-4,7-8,15-16H,5-6,9-14H2,1-2H3,(H,24,30)(H,25,31). The summed E-state index contributed by atoms with van der Waals surface area (Å²) in [5, 5.41) is 15.3. The molecule has 0 radical (unpaired) electrons. The predicted octanol–water partition coefficient (Wildman–Crippen LogP) is 1.59. The van der Waals surface area contributed by atoms with Crippen molar-refractivity contribution in [3.05, 3.63) is 34.6 Å². The van der Waals surface area contributed by atoms with Crippen molar-refractivity contribution in [3.63, 3.8) is 0 Å². The second-order valence-corrected chi connectivity index (χ2v) is 9.71. The van der Waals surface area contributed by atoms with Crippen LogP contribution in [0, 0.1) is 5.92 Å². The first kappa shape index (κ1) is 24.2. The highest BCUT2D eigenvalue weighted by atomic mass is 32.2. The molecule has 2 amide bonds. The van der Waals surface area contributed by atoms with Crippen LogP contribution in [0.1, 0.15) is 33.1 Å². The van der Waals surface area contributed by atoms with Gasteiger partial charge in [-0.3, -0.25) is 23.4 Å². The number of thioether (sulfide) groups is 1. The van der Waals surface area contributed by atoms with Crippen molar-refractivity contribution in [3.8, 4) is 0 Å². The lowest BCUT2D eigenvalue weighted by Crippen LogP contribution is -2.33. The van der Waals surface area contributed by atoms with Crippen LogP contribution in [0.25, 0.3) is 16.7 Å². The minimum Gasteiger partial charge on any atom is -0.376 e. The average Bonchev–Trinajstić information content (AvgIpc) is 3.50. The van der Waals surface area contributed by atoms with Crippen molar-refractivity contribution in [1.82, 2.24) is 29.8 Å². The molecule has 10 nitrogen and oxygen atoms in total. The van der Waals surface area contributed by atoms with Crippen molar-refractivity contribution in [2.24, 2.45) is 5.92 Å². The normalized spacial score (nSPS) is 15.9. The zero-order chi connectivity index (χ0) is 24.1. The quantitative estimate of drug-likeness (QED) is 0.418. The SMILES string of the molecule is CC(C)CNC(=O)CCn1c(=O)c2ccccc2n2c(SCC(=O)NCC3CCCO3)nnc12. The van der Waals surface area contributed by atoms with Crippen molar-refractivity contribution in [2.75, 3.05) is 25.4 Å². The van der Waals surface area contributed by atoms with Gasteiger partial charge in [0.05, 0.1) is 22.8 Å². The van der Waals surface area contributed by atoms with Gasteiger partial charge in [0.2, 0.25) is 17.6 Å². The average molecular weight is 487 g/mol. The van der Waals surface area contributed by atoms with Crippen LogP contribution < -0.4 is 16.2 Å². The number of para-hydroxylation sites is 1. The molecule has 3 heterocycles. The largest absolute Gasteiger partial charge is 0.376 e. The molecule has 3 aromatic rings. The fourth-order valence-corrected chi connectivity index (χ4v) is 4.63. The van der Waals surface area contributed by atoms with Crippen LogP contribution in [0.2, 0.25) is 0 Å². The highest BCUT2D eigenvalue weighted by Gasteiger charge is 2.19. The number of carbonyl (C=O) groups excluding carboxylic acids is 2. The molecule has 4 rings (SSSR count). The molecule has 0 saturated carbocycles. The van der Waals surface area contributed by atoms with Crippen molar-refractivity contribution < 1.29 is 14.3 Å². The number of benzene rings is 1. The third-order valence-electron chi connectivity index (χ3n) is 5.63. The van der Waals surface area contributed by atoms with Crippen molar-refractivity contribution in [1.29, 1.82) is 0 Å². The number of aryl methyl sites for hydroxylation is 1. The van der Waals surface area contributed by atoms with E-state index < -0.39 is 0 Å². The van der Waals surface area contributed by atoms with Gasteiger partial charge in [-0.05, 0) is 30.9 Å². The molecule has 1 fully saturated rings. The summed E-state index contributed by atoms with van der Waals surface area (Å²) in [7, 11) is 0. The smallest absolute Gasteiger partial charge is 0.262 e. The van der Waals surface area contributed by atoms with Gasteiger partial charge in [0, 0.05) is 32.7 Å². The maximum atomic E-state index is 13.2. The Labute approximate surface area is 201 Å². The van der Waals surface area contributed by atoms with Gasteiger partial charge in [0.15, 0.2) is 5.16 Å². The molecule has 2 N–H and O–H groups in total. The van der Waals surface area contributed by atoms with Crippen LogP contribution in [0.4, 0.5) is 0 Å². The summed E-state index contributed by atoms with van der Waals surface area (Å²) < 4.78 is 8.80. The fourth-order valence-electron chi connectivity index (χ4n) is 3.86. The number of nitrogens with zero attached hydrogens (tertiary/aromatic N) is 4. The van der Waals surface area contributed by atoms with E-state index in [2.05, 4.69) is 20.8 Å². The molecule has 34 heavy (non-hydrogen) atoms. The minimum atomic E-state index is -0.224. The number of nitrogens with one attached hydrogen (secondary N) is 2. The van der Waals surface area contributed by atoms with Crippen molar-refractivity contribution in [2.45, 2.75) is 50.9 Å². The number of hydrogen-bond donors (Lipinski definition) is 2. The highest BCUT2D eigenvalue weighted by molar-refractivity contribution is 7.99. The summed E-state index contributed by atoms with van der Waals surface area (Å²) in [6, 6.07) is 7.21. The van der Waals surface area contributed by atoms with Crippen LogP contribution in [0.15, 0.2) is 34.2 Å². The molecule has 1 saturated heterocycles. The molecule has 0 spiro atoms. The van der Waals surface area contributed by atoms with E-state index >= 15 is 0 Å². The van der Waals surface area contributed by atoms with Crippen LogP contribution in [0.3, 0.4) is 0 Å². The Morgan fingerprint density at radius 2 is 2.03 bits per heavy atom. The zero-order valence-corrected chi connectivity index (χ0v) is 20.3. The predicted molar refractivity (Wildman–Crippen MR) is 130 cm³/mol. The summed E-state index contributed by atoms with van der Waals surface area (Å²) in [6.45, 7) is 6.06. The molecule has 182 valence electrons. The molecule has 0 bridgehead atoms. The summed E-state index contributed by atoms with van der Waals surface area (Å²) in [5.41, 5.74) is 0.438. The van der Waals surface area contributed by atoms with Gasteiger partial charge >= 0.3 is 0 Å². The lowest BCUT2D eigenvalue weighted by molar-refractivity contribution is -0.121. The number of amides is 2. The highest BCUT2D eigenvalue weighted by Crippen LogP contribution is 2.21. The molecule has 1 unspecified atom stereocenters. The molecular weight excluding hydrogens is 456 g/mol. The van der Waals surface area contributed by atoms with Gasteiger partial charge in [-0.25, -0.2) is 0 Å². The summed E-state index contributed by atoms with van der Waals surface area (Å²) in [5.74, 6) is 0.625. The van der Waals surface area contributed by atoms with Crippen LogP contribution in [-0.4, -0.2) is 62.5 Å². The zero-order valence-electron chi connectivity index (χ0n) is 19.5. The first-order valence-electron chi connectivity index (χ1n) is 11.6. The van der Waals surface area contributed by atoms with Crippen LogP contribution in [-0.2, 0) is 20.9 Å². The van der Waals surface area contributed by atoms with E-state index in [0.717, 1.165) is 19.4 Å². The first-order chi connectivity index (χ1) is 16.4. The van der Waals surface area contributed by atoms with E-state index in [1.165, 1.54) is 16.3 Å². The molecule has 1 aromatic carbocycles. The topological polar surface area (TPSA) is 120 Å². The summed E-state index contributed by atoms with van der Waals surface area (Å²) >= 11 is 1.25. The lowest BCUT2D eigenvalue weighted by atomic mass is 10.2. The molecular formula is C23H30N6O4S. The second-order valence-electron chi connectivity index (χ2n) is 8.77. The molecule has 11 heteroatoms. The number of aromatic nitrogens is 4. The molecule has 1 atom stereocenters.